The van der Waals surface area contributed by atoms with Gasteiger partial charge < -0.3 is 10.6 Å². The summed E-state index contributed by atoms with van der Waals surface area (Å²) < 4.78 is 0. The Balaban J connectivity index is 1.83. The number of amides is 2. The van der Waals surface area contributed by atoms with Gasteiger partial charge in [-0.15, -0.1) is 11.3 Å². The van der Waals surface area contributed by atoms with Crippen LogP contribution in [0, 0.1) is 6.92 Å². The van der Waals surface area contributed by atoms with Gasteiger partial charge in [-0.2, -0.15) is 0 Å². The third-order valence-corrected chi connectivity index (χ3v) is 3.59. The number of aromatic nitrogens is 1. The first-order chi connectivity index (χ1) is 10.0. The molecule has 6 heteroatoms. The van der Waals surface area contributed by atoms with Gasteiger partial charge in [0, 0.05) is 18.0 Å². The average Bonchev–Trinajstić information content (AvgIpc) is 2.84. The van der Waals surface area contributed by atoms with Crippen LogP contribution in [0.4, 0.5) is 5.69 Å². The fourth-order valence-electron chi connectivity index (χ4n) is 1.84. The van der Waals surface area contributed by atoms with Crippen LogP contribution in [0.15, 0.2) is 29.6 Å². The van der Waals surface area contributed by atoms with Gasteiger partial charge in [-0.25, -0.2) is 4.98 Å². The summed E-state index contributed by atoms with van der Waals surface area (Å²) in [6, 6.07) is 7.23. The average molecular weight is 303 g/mol. The van der Waals surface area contributed by atoms with E-state index in [1.165, 1.54) is 6.92 Å². The van der Waals surface area contributed by atoms with Crippen molar-refractivity contribution >= 4 is 28.8 Å². The van der Waals surface area contributed by atoms with Crippen LogP contribution in [-0.2, 0) is 22.6 Å². The summed E-state index contributed by atoms with van der Waals surface area (Å²) in [5.41, 5.74) is 2.51. The first kappa shape index (κ1) is 15.2. The lowest BCUT2D eigenvalue weighted by Gasteiger charge is -2.05. The molecule has 21 heavy (non-hydrogen) atoms. The maximum Gasteiger partial charge on any atom is 0.224 e. The van der Waals surface area contributed by atoms with Crippen molar-refractivity contribution in [3.05, 3.63) is 45.9 Å². The SMILES string of the molecule is CC(=O)Nc1ccc(CC(=O)NCc2csc(C)n2)cc1. The van der Waals surface area contributed by atoms with Gasteiger partial charge in [0.15, 0.2) is 0 Å². The van der Waals surface area contributed by atoms with E-state index in [9.17, 15) is 9.59 Å². The molecule has 1 heterocycles. The predicted octanol–water partition coefficient (Wildman–Crippen LogP) is 2.27. The molecule has 2 aromatic rings. The molecule has 1 aromatic carbocycles. The minimum Gasteiger partial charge on any atom is -0.350 e. The van der Waals surface area contributed by atoms with E-state index in [0.717, 1.165) is 22.0 Å². The summed E-state index contributed by atoms with van der Waals surface area (Å²) in [6.45, 7) is 3.85. The molecule has 2 rings (SSSR count). The summed E-state index contributed by atoms with van der Waals surface area (Å²) in [6.07, 6.45) is 0.309. The number of nitrogens with zero attached hydrogens (tertiary/aromatic N) is 1. The molecule has 0 aliphatic carbocycles. The smallest absolute Gasteiger partial charge is 0.224 e. The van der Waals surface area contributed by atoms with Crippen LogP contribution in [0.3, 0.4) is 0 Å². The predicted molar refractivity (Wildman–Crippen MR) is 83.1 cm³/mol. The quantitative estimate of drug-likeness (QED) is 0.890. The fourth-order valence-corrected chi connectivity index (χ4v) is 2.45. The van der Waals surface area contributed by atoms with Gasteiger partial charge in [-0.1, -0.05) is 12.1 Å². The van der Waals surface area contributed by atoms with Gasteiger partial charge in [0.25, 0.3) is 0 Å². The standard InChI is InChI=1S/C15H17N3O2S/c1-10(19)17-13-5-3-12(4-6-13)7-15(20)16-8-14-9-21-11(2)18-14/h3-6,9H,7-8H2,1-2H3,(H,16,20)(H,17,19). The summed E-state index contributed by atoms with van der Waals surface area (Å²) in [5.74, 6) is -0.160. The molecule has 0 fully saturated rings. The van der Waals surface area contributed by atoms with Crippen LogP contribution >= 0.6 is 11.3 Å². The minimum atomic E-state index is -0.112. The Morgan fingerprint density at radius 2 is 1.95 bits per heavy atom. The molecule has 5 nitrogen and oxygen atoms in total. The van der Waals surface area contributed by atoms with Gasteiger partial charge in [0.2, 0.25) is 11.8 Å². The second-order valence-electron chi connectivity index (χ2n) is 4.69. The van der Waals surface area contributed by atoms with Crippen LogP contribution in [0.25, 0.3) is 0 Å². The van der Waals surface area contributed by atoms with Crippen LogP contribution < -0.4 is 10.6 Å². The molecular formula is C15H17N3O2S. The number of hydrogen-bond donors (Lipinski definition) is 2. The van der Waals surface area contributed by atoms with E-state index in [2.05, 4.69) is 15.6 Å². The van der Waals surface area contributed by atoms with Crippen LogP contribution in [0.1, 0.15) is 23.2 Å². The van der Waals surface area contributed by atoms with Crippen molar-refractivity contribution in [1.82, 2.24) is 10.3 Å². The van der Waals surface area contributed by atoms with Crippen molar-refractivity contribution in [2.75, 3.05) is 5.32 Å². The highest BCUT2D eigenvalue weighted by molar-refractivity contribution is 7.09. The lowest BCUT2D eigenvalue weighted by molar-refractivity contribution is -0.120. The molecule has 0 radical (unpaired) electrons. The maximum atomic E-state index is 11.9. The van der Waals surface area contributed by atoms with Gasteiger partial charge >= 0.3 is 0 Å². The van der Waals surface area contributed by atoms with Gasteiger partial charge in [-0.3, -0.25) is 9.59 Å². The molecule has 0 atom stereocenters. The number of aryl methyl sites for hydroxylation is 1. The van der Waals surface area contributed by atoms with Crippen molar-refractivity contribution in [2.24, 2.45) is 0 Å². The first-order valence-electron chi connectivity index (χ1n) is 6.57. The van der Waals surface area contributed by atoms with Gasteiger partial charge in [0.05, 0.1) is 23.7 Å². The third kappa shape index (κ3) is 5.00. The number of carbonyl (C=O) groups is 2. The van der Waals surface area contributed by atoms with Crippen molar-refractivity contribution in [1.29, 1.82) is 0 Å². The molecule has 0 unspecified atom stereocenters. The number of nitrogens with one attached hydrogen (secondary N) is 2. The van der Waals surface area contributed by atoms with E-state index < -0.39 is 0 Å². The Bertz CT molecular complexity index is 635. The van der Waals surface area contributed by atoms with Gasteiger partial charge in [-0.05, 0) is 24.6 Å². The van der Waals surface area contributed by atoms with Crippen molar-refractivity contribution in [2.45, 2.75) is 26.8 Å². The lowest BCUT2D eigenvalue weighted by atomic mass is 10.1. The second-order valence-corrected chi connectivity index (χ2v) is 5.75. The van der Waals surface area contributed by atoms with Crippen LogP contribution in [0.2, 0.25) is 0 Å². The van der Waals surface area contributed by atoms with E-state index in [-0.39, 0.29) is 11.8 Å². The second kappa shape index (κ2) is 6.99. The van der Waals surface area contributed by atoms with E-state index in [1.807, 2.05) is 24.4 Å². The zero-order chi connectivity index (χ0) is 15.2. The zero-order valence-corrected chi connectivity index (χ0v) is 12.8. The normalized spacial score (nSPS) is 10.2. The number of anilines is 1. The van der Waals surface area contributed by atoms with E-state index in [0.29, 0.717) is 13.0 Å². The summed E-state index contributed by atoms with van der Waals surface area (Å²) >= 11 is 1.57. The summed E-state index contributed by atoms with van der Waals surface area (Å²) in [5, 5.41) is 8.47. The molecule has 0 aliphatic heterocycles. The third-order valence-electron chi connectivity index (χ3n) is 2.77. The Morgan fingerprint density at radius 3 is 2.52 bits per heavy atom. The molecule has 0 saturated heterocycles. The lowest BCUT2D eigenvalue weighted by Crippen LogP contribution is -2.24. The molecule has 0 aliphatic rings. The molecule has 0 bridgehead atoms. The van der Waals surface area contributed by atoms with E-state index in [4.69, 9.17) is 0 Å². The monoisotopic (exact) mass is 303 g/mol. The molecule has 2 N–H and O–H groups in total. The molecule has 0 saturated carbocycles. The van der Waals surface area contributed by atoms with Crippen molar-refractivity contribution in [3.8, 4) is 0 Å². The highest BCUT2D eigenvalue weighted by Gasteiger charge is 2.05. The largest absolute Gasteiger partial charge is 0.350 e. The zero-order valence-electron chi connectivity index (χ0n) is 12.0. The highest BCUT2D eigenvalue weighted by atomic mass is 32.1. The topological polar surface area (TPSA) is 71.1 Å². The molecule has 110 valence electrons. The molecule has 2 amide bonds. The van der Waals surface area contributed by atoms with Crippen LogP contribution in [0.5, 0.6) is 0 Å². The highest BCUT2D eigenvalue weighted by Crippen LogP contribution is 2.10. The first-order valence-corrected chi connectivity index (χ1v) is 7.45. The van der Waals surface area contributed by atoms with E-state index in [1.54, 1.807) is 23.5 Å². The van der Waals surface area contributed by atoms with E-state index >= 15 is 0 Å². The Morgan fingerprint density at radius 1 is 1.24 bits per heavy atom. The Hall–Kier alpha value is -2.21. The summed E-state index contributed by atoms with van der Waals surface area (Å²) in [7, 11) is 0. The molecular weight excluding hydrogens is 286 g/mol. The van der Waals surface area contributed by atoms with Crippen LogP contribution in [-0.4, -0.2) is 16.8 Å². The van der Waals surface area contributed by atoms with Gasteiger partial charge in [0.1, 0.15) is 0 Å². The molecule has 0 spiro atoms. The fraction of sp³-hybridized carbons (Fsp3) is 0.267. The minimum absolute atomic E-state index is 0.0482. The number of rotatable bonds is 5. The maximum absolute atomic E-state index is 11.9. The number of thiazole rings is 1. The molecule has 1 aromatic heterocycles. The van der Waals surface area contributed by atoms with Crippen molar-refractivity contribution in [3.63, 3.8) is 0 Å². The Labute approximate surface area is 127 Å². The summed E-state index contributed by atoms with van der Waals surface area (Å²) in [4.78, 5) is 27.1. The Kier molecular flexibility index (Phi) is 5.05. The number of carbonyl (C=O) groups excluding carboxylic acids is 2. The van der Waals surface area contributed by atoms with Crippen molar-refractivity contribution < 1.29 is 9.59 Å². The number of benzene rings is 1. The number of hydrogen-bond acceptors (Lipinski definition) is 4.